The van der Waals surface area contributed by atoms with Gasteiger partial charge in [0, 0.05) is 0 Å². The third-order valence-corrected chi connectivity index (χ3v) is 3.24. The molecule has 0 saturated heterocycles. The Bertz CT molecular complexity index is 723. The fraction of sp³-hybridized carbons (Fsp3) is 0.111. The predicted molar refractivity (Wildman–Crippen MR) is 82.3 cm³/mol. The van der Waals surface area contributed by atoms with Gasteiger partial charge in [-0.15, -0.1) is 0 Å². The number of hydrogen-bond acceptors (Lipinski definition) is 3. The summed E-state index contributed by atoms with van der Waals surface area (Å²) < 4.78 is 11.0. The molecular formula is C18H16O3. The van der Waals surface area contributed by atoms with E-state index >= 15 is 0 Å². The summed E-state index contributed by atoms with van der Waals surface area (Å²) in [4.78, 5) is 0. The topological polar surface area (TPSA) is 38.7 Å². The molecule has 0 aliphatic carbocycles. The molecule has 3 nitrogen and oxygen atoms in total. The van der Waals surface area contributed by atoms with Crippen LogP contribution in [-0.4, -0.2) is 11.9 Å². The summed E-state index contributed by atoms with van der Waals surface area (Å²) in [7, 11) is 0. The van der Waals surface area contributed by atoms with Gasteiger partial charge in [0.1, 0.15) is 0 Å². The molecule has 0 aliphatic heterocycles. The van der Waals surface area contributed by atoms with Gasteiger partial charge in [-0.1, -0.05) is 54.6 Å². The Labute approximate surface area is 123 Å². The molecule has 0 amide bonds. The van der Waals surface area contributed by atoms with E-state index < -0.39 is 0 Å². The highest BCUT2D eigenvalue weighted by atomic mass is 16.7. The van der Waals surface area contributed by atoms with Crippen molar-refractivity contribution in [3.8, 4) is 11.5 Å². The maximum absolute atomic E-state index is 9.94. The van der Waals surface area contributed by atoms with E-state index in [1.165, 1.54) is 0 Å². The monoisotopic (exact) mass is 280 g/mol. The molecule has 0 unspecified atom stereocenters. The smallest absolute Gasteiger partial charge is 0.189 e. The fourth-order valence-corrected chi connectivity index (χ4v) is 2.16. The van der Waals surface area contributed by atoms with Gasteiger partial charge in [0.15, 0.2) is 18.3 Å². The Hall–Kier alpha value is -2.52. The summed E-state index contributed by atoms with van der Waals surface area (Å²) >= 11 is 0. The quantitative estimate of drug-likeness (QED) is 0.565. The minimum absolute atomic E-state index is 0.0980. The Morgan fingerprint density at radius 2 is 1.48 bits per heavy atom. The zero-order valence-corrected chi connectivity index (χ0v) is 11.5. The number of phenols is 1. The van der Waals surface area contributed by atoms with Crippen molar-refractivity contribution >= 4 is 10.8 Å². The molecule has 0 aromatic heterocycles. The van der Waals surface area contributed by atoms with Crippen molar-refractivity contribution in [1.82, 2.24) is 0 Å². The van der Waals surface area contributed by atoms with Crippen LogP contribution in [0.3, 0.4) is 0 Å². The average Bonchev–Trinajstić information content (AvgIpc) is 2.53. The van der Waals surface area contributed by atoms with Gasteiger partial charge in [-0.3, -0.25) is 0 Å². The molecular weight excluding hydrogens is 264 g/mol. The summed E-state index contributed by atoms with van der Waals surface area (Å²) in [6.07, 6.45) is 0. The van der Waals surface area contributed by atoms with E-state index in [2.05, 4.69) is 0 Å². The largest absolute Gasteiger partial charge is 0.504 e. The SMILES string of the molecule is Oc1cc2ccccc2cc1OCOCc1ccccc1. The second-order valence-electron chi connectivity index (χ2n) is 4.76. The third-order valence-electron chi connectivity index (χ3n) is 3.24. The lowest BCUT2D eigenvalue weighted by Gasteiger charge is -2.10. The second-order valence-corrected chi connectivity index (χ2v) is 4.76. The highest BCUT2D eigenvalue weighted by molar-refractivity contribution is 5.85. The number of rotatable bonds is 5. The molecule has 1 N–H and O–H groups in total. The minimum Gasteiger partial charge on any atom is -0.504 e. The highest BCUT2D eigenvalue weighted by Crippen LogP contribution is 2.31. The van der Waals surface area contributed by atoms with Crippen molar-refractivity contribution in [2.45, 2.75) is 6.61 Å². The van der Waals surface area contributed by atoms with E-state index in [4.69, 9.17) is 9.47 Å². The van der Waals surface area contributed by atoms with Crippen LogP contribution in [0.2, 0.25) is 0 Å². The van der Waals surface area contributed by atoms with Gasteiger partial charge < -0.3 is 14.6 Å². The molecule has 3 heteroatoms. The Morgan fingerprint density at radius 1 is 0.810 bits per heavy atom. The summed E-state index contributed by atoms with van der Waals surface area (Å²) in [6.45, 7) is 0.579. The summed E-state index contributed by atoms with van der Waals surface area (Å²) in [6, 6.07) is 21.2. The number of fused-ring (bicyclic) bond motifs is 1. The van der Waals surface area contributed by atoms with Crippen LogP contribution in [-0.2, 0) is 11.3 Å². The van der Waals surface area contributed by atoms with Crippen molar-refractivity contribution in [3.63, 3.8) is 0 Å². The Kier molecular flexibility index (Phi) is 4.03. The van der Waals surface area contributed by atoms with Crippen LogP contribution in [0.25, 0.3) is 10.8 Å². The maximum atomic E-state index is 9.94. The van der Waals surface area contributed by atoms with Crippen molar-refractivity contribution in [2.75, 3.05) is 6.79 Å². The van der Waals surface area contributed by atoms with Gasteiger partial charge >= 0.3 is 0 Å². The van der Waals surface area contributed by atoms with Gasteiger partial charge in [-0.25, -0.2) is 0 Å². The minimum atomic E-state index is 0.0980. The van der Waals surface area contributed by atoms with Crippen LogP contribution in [0.15, 0.2) is 66.7 Å². The van der Waals surface area contributed by atoms with Crippen LogP contribution >= 0.6 is 0 Å². The molecule has 0 aliphatic rings. The fourth-order valence-electron chi connectivity index (χ4n) is 2.16. The van der Waals surface area contributed by atoms with Gasteiger partial charge in [0.25, 0.3) is 0 Å². The number of aromatic hydroxyl groups is 1. The number of phenolic OH excluding ortho intramolecular Hbond substituents is 1. The van der Waals surface area contributed by atoms with E-state index in [-0.39, 0.29) is 12.5 Å². The molecule has 3 rings (SSSR count). The van der Waals surface area contributed by atoms with Crippen molar-refractivity contribution in [2.24, 2.45) is 0 Å². The Balaban J connectivity index is 1.61. The first kappa shape index (κ1) is 13.5. The first-order valence-corrected chi connectivity index (χ1v) is 6.79. The molecule has 106 valence electrons. The first-order valence-electron chi connectivity index (χ1n) is 6.79. The zero-order chi connectivity index (χ0) is 14.5. The first-order chi connectivity index (χ1) is 10.3. The molecule has 3 aromatic carbocycles. The lowest BCUT2D eigenvalue weighted by Crippen LogP contribution is -2.03. The molecule has 0 radical (unpaired) electrons. The van der Waals surface area contributed by atoms with Crippen LogP contribution in [0.5, 0.6) is 11.5 Å². The summed E-state index contributed by atoms with van der Waals surface area (Å²) in [5.74, 6) is 0.554. The van der Waals surface area contributed by atoms with Gasteiger partial charge in [-0.05, 0) is 28.5 Å². The lowest BCUT2D eigenvalue weighted by molar-refractivity contribution is 0.00385. The molecule has 0 saturated carbocycles. The van der Waals surface area contributed by atoms with E-state index in [1.54, 1.807) is 6.07 Å². The number of benzene rings is 3. The predicted octanol–water partition coefficient (Wildman–Crippen LogP) is 4.10. The summed E-state index contributed by atoms with van der Waals surface area (Å²) in [5, 5.41) is 11.9. The molecule has 21 heavy (non-hydrogen) atoms. The number of hydrogen-bond donors (Lipinski definition) is 1. The molecule has 0 atom stereocenters. The summed E-state index contributed by atoms with van der Waals surface area (Å²) in [5.41, 5.74) is 1.09. The van der Waals surface area contributed by atoms with Crippen LogP contribution in [0.4, 0.5) is 0 Å². The van der Waals surface area contributed by atoms with Crippen LogP contribution < -0.4 is 4.74 Å². The standard InChI is InChI=1S/C18H16O3/c19-17-10-15-8-4-5-9-16(15)11-18(17)21-13-20-12-14-6-2-1-3-7-14/h1-11,19H,12-13H2. The van der Waals surface area contributed by atoms with Gasteiger partial charge in [-0.2, -0.15) is 0 Å². The van der Waals surface area contributed by atoms with Crippen molar-refractivity contribution in [3.05, 3.63) is 72.3 Å². The van der Waals surface area contributed by atoms with E-state index in [1.807, 2.05) is 60.7 Å². The number of ether oxygens (including phenoxy) is 2. The second kappa shape index (κ2) is 6.29. The lowest BCUT2D eigenvalue weighted by atomic mass is 10.1. The highest BCUT2D eigenvalue weighted by Gasteiger charge is 2.04. The zero-order valence-electron chi connectivity index (χ0n) is 11.5. The van der Waals surface area contributed by atoms with Gasteiger partial charge in [0.05, 0.1) is 6.61 Å². The Morgan fingerprint density at radius 3 is 2.24 bits per heavy atom. The van der Waals surface area contributed by atoms with Crippen LogP contribution in [0.1, 0.15) is 5.56 Å². The molecule has 0 heterocycles. The van der Waals surface area contributed by atoms with E-state index in [9.17, 15) is 5.11 Å². The molecule has 0 bridgehead atoms. The van der Waals surface area contributed by atoms with Crippen LogP contribution in [0, 0.1) is 0 Å². The van der Waals surface area contributed by atoms with E-state index in [0.29, 0.717) is 12.4 Å². The van der Waals surface area contributed by atoms with E-state index in [0.717, 1.165) is 16.3 Å². The van der Waals surface area contributed by atoms with Gasteiger partial charge in [0.2, 0.25) is 0 Å². The maximum Gasteiger partial charge on any atom is 0.189 e. The third kappa shape index (κ3) is 3.33. The molecule has 0 spiro atoms. The normalized spacial score (nSPS) is 10.7. The van der Waals surface area contributed by atoms with Crippen molar-refractivity contribution < 1.29 is 14.6 Å². The molecule has 3 aromatic rings. The average molecular weight is 280 g/mol. The van der Waals surface area contributed by atoms with Crippen molar-refractivity contribution in [1.29, 1.82) is 0 Å². The molecule has 0 fully saturated rings.